The predicted molar refractivity (Wildman–Crippen MR) is 41.9 cm³/mol. The molecule has 0 saturated heterocycles. The lowest BCUT2D eigenvalue weighted by Crippen LogP contribution is -1.95. The van der Waals surface area contributed by atoms with Crippen molar-refractivity contribution in [2.75, 3.05) is 6.54 Å². The van der Waals surface area contributed by atoms with E-state index in [0.29, 0.717) is 6.54 Å². The van der Waals surface area contributed by atoms with E-state index in [1.54, 1.807) is 0 Å². The summed E-state index contributed by atoms with van der Waals surface area (Å²) in [5.74, 6) is 2.45. The van der Waals surface area contributed by atoms with Crippen molar-refractivity contribution >= 4 is 5.69 Å². The second-order valence-electron chi connectivity index (χ2n) is 1.86. The number of para-hydroxylation sites is 1. The summed E-state index contributed by atoms with van der Waals surface area (Å²) in [5.41, 5.74) is 0.945. The standard InChI is InChI=1S/C9H8N/c1-2-8-10-9-6-4-3-5-7-9/h1,3-7H,8H2. The van der Waals surface area contributed by atoms with E-state index in [2.05, 4.69) is 11.2 Å². The van der Waals surface area contributed by atoms with E-state index in [1.807, 2.05) is 30.3 Å². The second kappa shape index (κ2) is 3.58. The summed E-state index contributed by atoms with van der Waals surface area (Å²) in [4.78, 5) is 0. The van der Waals surface area contributed by atoms with Gasteiger partial charge in [0.1, 0.15) is 6.54 Å². The average Bonchev–Trinajstić information content (AvgIpc) is 2.03. The molecule has 0 fully saturated rings. The minimum atomic E-state index is 0.462. The smallest absolute Gasteiger partial charge is 0.100 e. The average molecular weight is 130 g/mol. The van der Waals surface area contributed by atoms with E-state index in [0.717, 1.165) is 5.69 Å². The van der Waals surface area contributed by atoms with Crippen LogP contribution in [0.1, 0.15) is 0 Å². The van der Waals surface area contributed by atoms with E-state index in [4.69, 9.17) is 6.42 Å². The van der Waals surface area contributed by atoms with Crippen LogP contribution in [0.2, 0.25) is 0 Å². The fourth-order valence-corrected chi connectivity index (χ4v) is 0.670. The van der Waals surface area contributed by atoms with Crippen molar-refractivity contribution in [3.05, 3.63) is 30.3 Å². The molecule has 0 aliphatic carbocycles. The molecule has 0 bridgehead atoms. The fraction of sp³-hybridized carbons (Fsp3) is 0.111. The molecule has 0 N–H and O–H groups in total. The Hall–Kier alpha value is -1.42. The number of benzene rings is 1. The number of nitrogens with zero attached hydrogens (tertiary/aromatic N) is 1. The van der Waals surface area contributed by atoms with Crippen LogP contribution in [-0.2, 0) is 0 Å². The normalized spacial score (nSPS) is 8.30. The molecule has 0 saturated carbocycles. The summed E-state index contributed by atoms with van der Waals surface area (Å²) >= 11 is 0. The van der Waals surface area contributed by atoms with Crippen LogP contribution < -0.4 is 5.32 Å². The first-order valence-electron chi connectivity index (χ1n) is 3.09. The number of rotatable bonds is 2. The molecule has 49 valence electrons. The summed E-state index contributed by atoms with van der Waals surface area (Å²) in [7, 11) is 0. The lowest BCUT2D eigenvalue weighted by atomic mass is 10.3. The third-order valence-electron chi connectivity index (χ3n) is 1.11. The van der Waals surface area contributed by atoms with Crippen molar-refractivity contribution in [1.82, 2.24) is 5.32 Å². The van der Waals surface area contributed by atoms with Crippen molar-refractivity contribution in [2.24, 2.45) is 0 Å². The first-order chi connectivity index (χ1) is 4.93. The molecule has 0 heterocycles. The lowest BCUT2D eigenvalue weighted by Gasteiger charge is -1.95. The number of terminal acetylenes is 1. The van der Waals surface area contributed by atoms with Crippen LogP contribution >= 0.6 is 0 Å². The van der Waals surface area contributed by atoms with Gasteiger partial charge in [0.15, 0.2) is 0 Å². The molecule has 0 spiro atoms. The Kier molecular flexibility index (Phi) is 2.39. The quantitative estimate of drug-likeness (QED) is 0.539. The Labute approximate surface area is 61.1 Å². The SMILES string of the molecule is C#CC[N]c1ccccc1. The molecule has 0 amide bonds. The van der Waals surface area contributed by atoms with Crippen LogP contribution in [0.5, 0.6) is 0 Å². The van der Waals surface area contributed by atoms with Crippen molar-refractivity contribution in [3.63, 3.8) is 0 Å². The van der Waals surface area contributed by atoms with E-state index >= 15 is 0 Å². The lowest BCUT2D eigenvalue weighted by molar-refractivity contribution is 0.999. The van der Waals surface area contributed by atoms with Gasteiger partial charge < -0.3 is 0 Å². The summed E-state index contributed by atoms with van der Waals surface area (Å²) in [6.07, 6.45) is 5.03. The molecule has 0 aliphatic heterocycles. The molecule has 0 aromatic heterocycles. The highest BCUT2D eigenvalue weighted by Crippen LogP contribution is 2.03. The van der Waals surface area contributed by atoms with Crippen molar-refractivity contribution in [3.8, 4) is 12.3 Å². The zero-order valence-corrected chi connectivity index (χ0v) is 5.62. The molecule has 1 aromatic rings. The highest BCUT2D eigenvalue weighted by molar-refractivity contribution is 5.35. The Balaban J connectivity index is 2.52. The highest BCUT2D eigenvalue weighted by Gasteiger charge is 1.85. The van der Waals surface area contributed by atoms with Crippen LogP contribution in [0.15, 0.2) is 30.3 Å². The van der Waals surface area contributed by atoms with Crippen LogP contribution in [0.4, 0.5) is 5.69 Å². The fourth-order valence-electron chi connectivity index (χ4n) is 0.670. The monoisotopic (exact) mass is 130 g/mol. The maximum atomic E-state index is 5.03. The topological polar surface area (TPSA) is 14.1 Å². The van der Waals surface area contributed by atoms with Gasteiger partial charge >= 0.3 is 0 Å². The molecule has 1 heteroatoms. The van der Waals surface area contributed by atoms with E-state index in [-0.39, 0.29) is 0 Å². The van der Waals surface area contributed by atoms with Crippen LogP contribution in [0.3, 0.4) is 0 Å². The van der Waals surface area contributed by atoms with Gasteiger partial charge in [0, 0.05) is 0 Å². The van der Waals surface area contributed by atoms with E-state index < -0.39 is 0 Å². The summed E-state index contributed by atoms with van der Waals surface area (Å²) in [6, 6.07) is 9.69. The maximum Gasteiger partial charge on any atom is 0.100 e. The Morgan fingerprint density at radius 3 is 2.60 bits per heavy atom. The maximum absolute atomic E-state index is 5.03. The first kappa shape index (κ1) is 6.70. The van der Waals surface area contributed by atoms with Crippen molar-refractivity contribution in [1.29, 1.82) is 0 Å². The van der Waals surface area contributed by atoms with Crippen molar-refractivity contribution < 1.29 is 0 Å². The largest absolute Gasteiger partial charge is 0.272 e. The van der Waals surface area contributed by atoms with Gasteiger partial charge in [0.05, 0.1) is 5.69 Å². The molecule has 0 unspecified atom stereocenters. The van der Waals surface area contributed by atoms with Crippen LogP contribution in [0, 0.1) is 12.3 Å². The predicted octanol–water partition coefficient (Wildman–Crippen LogP) is 1.56. The van der Waals surface area contributed by atoms with Gasteiger partial charge in [-0.25, -0.2) is 0 Å². The molecule has 1 aromatic carbocycles. The minimum absolute atomic E-state index is 0.462. The summed E-state index contributed by atoms with van der Waals surface area (Å²) in [6.45, 7) is 0.462. The molecule has 1 radical (unpaired) electrons. The van der Waals surface area contributed by atoms with Gasteiger partial charge in [0.2, 0.25) is 0 Å². The number of hydrogen-bond donors (Lipinski definition) is 0. The third-order valence-corrected chi connectivity index (χ3v) is 1.11. The summed E-state index contributed by atoms with van der Waals surface area (Å²) < 4.78 is 0. The Bertz CT molecular complexity index is 220. The van der Waals surface area contributed by atoms with Gasteiger partial charge in [-0.15, -0.1) is 6.42 Å². The van der Waals surface area contributed by atoms with E-state index in [1.165, 1.54) is 0 Å². The zero-order valence-electron chi connectivity index (χ0n) is 5.62. The molecule has 1 rings (SSSR count). The van der Waals surface area contributed by atoms with Gasteiger partial charge in [-0.2, -0.15) is 0 Å². The number of hydrogen-bond acceptors (Lipinski definition) is 0. The molecular formula is C9H8N. The van der Waals surface area contributed by atoms with E-state index in [9.17, 15) is 0 Å². The molecule has 0 atom stereocenters. The van der Waals surface area contributed by atoms with Gasteiger partial charge in [0.25, 0.3) is 0 Å². The zero-order chi connectivity index (χ0) is 7.23. The second-order valence-corrected chi connectivity index (χ2v) is 1.86. The van der Waals surface area contributed by atoms with Crippen LogP contribution in [0.25, 0.3) is 0 Å². The van der Waals surface area contributed by atoms with Crippen molar-refractivity contribution in [2.45, 2.75) is 0 Å². The van der Waals surface area contributed by atoms with Crippen LogP contribution in [-0.4, -0.2) is 6.54 Å². The summed E-state index contributed by atoms with van der Waals surface area (Å²) in [5, 5.41) is 4.09. The highest BCUT2D eigenvalue weighted by atomic mass is 14.8. The van der Waals surface area contributed by atoms with Gasteiger partial charge in [-0.05, 0) is 12.1 Å². The molecule has 0 aliphatic rings. The molecule has 1 nitrogen and oxygen atoms in total. The van der Waals surface area contributed by atoms with Gasteiger partial charge in [-0.3, -0.25) is 5.32 Å². The van der Waals surface area contributed by atoms with Gasteiger partial charge in [-0.1, -0.05) is 24.1 Å². The first-order valence-corrected chi connectivity index (χ1v) is 3.09. The Morgan fingerprint density at radius 1 is 1.30 bits per heavy atom. The molecular weight excluding hydrogens is 122 g/mol. The third kappa shape index (κ3) is 1.83. The minimum Gasteiger partial charge on any atom is -0.272 e. The molecule has 10 heavy (non-hydrogen) atoms. The Morgan fingerprint density at radius 2 is 2.00 bits per heavy atom.